The fourth-order valence-electron chi connectivity index (χ4n) is 3.17. The number of rotatable bonds is 6. The molecule has 0 aliphatic heterocycles. The smallest absolute Gasteiger partial charge is 0.338 e. The van der Waals surface area contributed by atoms with Crippen LogP contribution in [0.5, 0.6) is 0 Å². The molecule has 2 N–H and O–H groups in total. The average molecular weight is 437 g/mol. The van der Waals surface area contributed by atoms with Crippen molar-refractivity contribution < 1.29 is 19.1 Å². The Morgan fingerprint density at radius 2 is 1.58 bits per heavy atom. The van der Waals surface area contributed by atoms with E-state index in [9.17, 15) is 14.4 Å². The van der Waals surface area contributed by atoms with E-state index >= 15 is 0 Å². The summed E-state index contributed by atoms with van der Waals surface area (Å²) in [4.78, 5) is 37.6. The van der Waals surface area contributed by atoms with Gasteiger partial charge in [-0.15, -0.1) is 11.3 Å². The zero-order chi connectivity index (χ0) is 22.5. The number of thiophene rings is 1. The molecule has 0 aliphatic carbocycles. The summed E-state index contributed by atoms with van der Waals surface area (Å²) in [5.41, 5.74) is 4.59. The molecular weight excluding hydrogens is 412 g/mol. The van der Waals surface area contributed by atoms with Crippen LogP contribution in [0.25, 0.3) is 0 Å². The number of esters is 1. The third-order valence-electron chi connectivity index (χ3n) is 4.70. The minimum absolute atomic E-state index is 0.211. The van der Waals surface area contributed by atoms with E-state index in [4.69, 9.17) is 4.74 Å². The Labute approximate surface area is 185 Å². The van der Waals surface area contributed by atoms with Gasteiger partial charge in [-0.1, -0.05) is 23.8 Å². The Kier molecular flexibility index (Phi) is 6.87. The van der Waals surface area contributed by atoms with Crippen LogP contribution in [-0.4, -0.2) is 23.9 Å². The third-order valence-corrected chi connectivity index (χ3v) is 5.57. The van der Waals surface area contributed by atoms with Gasteiger partial charge in [0.25, 0.3) is 11.8 Å². The van der Waals surface area contributed by atoms with E-state index in [-0.39, 0.29) is 11.5 Å². The Bertz CT molecular complexity index is 1080. The number of carbonyl (C=O) groups excluding carboxylic acids is 3. The average Bonchev–Trinajstić information content (AvgIpc) is 3.26. The number of carbonyl (C=O) groups is 3. The van der Waals surface area contributed by atoms with Gasteiger partial charge >= 0.3 is 5.97 Å². The number of amides is 2. The van der Waals surface area contributed by atoms with Crippen LogP contribution in [0.3, 0.4) is 0 Å². The van der Waals surface area contributed by atoms with Gasteiger partial charge in [0, 0.05) is 11.4 Å². The number of benzene rings is 2. The topological polar surface area (TPSA) is 84.5 Å². The van der Waals surface area contributed by atoms with Crippen molar-refractivity contribution in [1.29, 1.82) is 0 Å². The molecular formula is C24H24N2O4S. The van der Waals surface area contributed by atoms with Crippen molar-refractivity contribution in [3.8, 4) is 0 Å². The second-order valence-corrected chi connectivity index (χ2v) is 8.27. The molecule has 7 heteroatoms. The van der Waals surface area contributed by atoms with E-state index in [1.165, 1.54) is 18.3 Å². The lowest BCUT2D eigenvalue weighted by molar-refractivity contribution is -0.123. The zero-order valence-electron chi connectivity index (χ0n) is 17.8. The second kappa shape index (κ2) is 9.57. The molecule has 31 heavy (non-hydrogen) atoms. The van der Waals surface area contributed by atoms with Crippen molar-refractivity contribution >= 4 is 40.5 Å². The first-order valence-electron chi connectivity index (χ1n) is 9.79. The molecule has 0 saturated heterocycles. The molecule has 6 nitrogen and oxygen atoms in total. The number of nitrogens with one attached hydrogen (secondary N) is 2. The Balaban J connectivity index is 1.59. The van der Waals surface area contributed by atoms with Gasteiger partial charge in [0.05, 0.1) is 10.4 Å². The van der Waals surface area contributed by atoms with Gasteiger partial charge in [0.1, 0.15) is 0 Å². The molecule has 160 valence electrons. The highest BCUT2D eigenvalue weighted by atomic mass is 32.1. The van der Waals surface area contributed by atoms with Crippen LogP contribution in [0.1, 0.15) is 43.6 Å². The maximum atomic E-state index is 12.5. The summed E-state index contributed by atoms with van der Waals surface area (Å²) in [7, 11) is 0. The number of anilines is 2. The molecule has 0 spiro atoms. The normalized spacial score (nSPS) is 11.5. The first kappa shape index (κ1) is 22.2. The summed E-state index contributed by atoms with van der Waals surface area (Å²) in [5, 5.41) is 7.44. The lowest BCUT2D eigenvalue weighted by Crippen LogP contribution is -2.30. The van der Waals surface area contributed by atoms with Crippen LogP contribution in [0.4, 0.5) is 11.4 Å². The quantitative estimate of drug-likeness (QED) is 0.526. The van der Waals surface area contributed by atoms with Crippen LogP contribution in [0.15, 0.2) is 53.9 Å². The minimum Gasteiger partial charge on any atom is -0.449 e. The Morgan fingerprint density at radius 1 is 0.935 bits per heavy atom. The van der Waals surface area contributed by atoms with E-state index in [1.54, 1.807) is 36.4 Å². The van der Waals surface area contributed by atoms with Crippen LogP contribution < -0.4 is 10.6 Å². The summed E-state index contributed by atoms with van der Waals surface area (Å²) in [5.74, 6) is -1.23. The SMILES string of the molecule is Cc1cc(C)c(NC(=O)C(C)OC(=O)c2ccc(NC(=O)c3cccs3)cc2)c(C)c1. The van der Waals surface area contributed by atoms with E-state index in [1.807, 2.05) is 38.3 Å². The molecule has 1 unspecified atom stereocenters. The van der Waals surface area contributed by atoms with E-state index in [2.05, 4.69) is 10.6 Å². The molecule has 3 aromatic rings. The number of hydrogen-bond donors (Lipinski definition) is 2. The van der Waals surface area contributed by atoms with Crippen LogP contribution in [0, 0.1) is 20.8 Å². The van der Waals surface area contributed by atoms with Gasteiger partial charge in [-0.2, -0.15) is 0 Å². The molecule has 2 amide bonds. The predicted octanol–water partition coefficient (Wildman–Crippen LogP) is 5.11. The molecule has 0 bridgehead atoms. The molecule has 1 aromatic heterocycles. The lowest BCUT2D eigenvalue weighted by atomic mass is 10.0. The van der Waals surface area contributed by atoms with Crippen molar-refractivity contribution in [3.63, 3.8) is 0 Å². The van der Waals surface area contributed by atoms with E-state index in [0.717, 1.165) is 22.4 Å². The molecule has 0 aliphatic rings. The number of hydrogen-bond acceptors (Lipinski definition) is 5. The molecule has 1 heterocycles. The summed E-state index contributed by atoms with van der Waals surface area (Å²) in [6, 6.07) is 13.8. The van der Waals surface area contributed by atoms with Gasteiger partial charge in [0.2, 0.25) is 0 Å². The third kappa shape index (κ3) is 5.58. The van der Waals surface area contributed by atoms with Crippen molar-refractivity contribution in [2.24, 2.45) is 0 Å². The van der Waals surface area contributed by atoms with Crippen LogP contribution in [0.2, 0.25) is 0 Å². The van der Waals surface area contributed by atoms with Crippen molar-refractivity contribution in [1.82, 2.24) is 0 Å². The van der Waals surface area contributed by atoms with Crippen molar-refractivity contribution in [3.05, 3.63) is 81.0 Å². The van der Waals surface area contributed by atoms with E-state index < -0.39 is 18.0 Å². The molecule has 2 aromatic carbocycles. The Hall–Kier alpha value is -3.45. The van der Waals surface area contributed by atoms with Gasteiger partial charge in [-0.25, -0.2) is 4.79 Å². The monoisotopic (exact) mass is 436 g/mol. The highest BCUT2D eigenvalue weighted by Gasteiger charge is 2.20. The largest absolute Gasteiger partial charge is 0.449 e. The van der Waals surface area contributed by atoms with Gasteiger partial charge in [-0.3, -0.25) is 9.59 Å². The van der Waals surface area contributed by atoms with Gasteiger partial charge in [0.15, 0.2) is 6.10 Å². The Morgan fingerprint density at radius 3 is 2.16 bits per heavy atom. The van der Waals surface area contributed by atoms with Crippen molar-refractivity contribution in [2.45, 2.75) is 33.8 Å². The minimum atomic E-state index is -0.967. The molecule has 0 fully saturated rings. The van der Waals surface area contributed by atoms with Crippen LogP contribution >= 0.6 is 11.3 Å². The molecule has 0 radical (unpaired) electrons. The summed E-state index contributed by atoms with van der Waals surface area (Å²) in [6.45, 7) is 7.37. The fourth-order valence-corrected chi connectivity index (χ4v) is 3.79. The van der Waals surface area contributed by atoms with E-state index in [0.29, 0.717) is 10.6 Å². The maximum Gasteiger partial charge on any atom is 0.338 e. The highest BCUT2D eigenvalue weighted by Crippen LogP contribution is 2.22. The second-order valence-electron chi connectivity index (χ2n) is 7.32. The zero-order valence-corrected chi connectivity index (χ0v) is 18.6. The van der Waals surface area contributed by atoms with Crippen LogP contribution in [-0.2, 0) is 9.53 Å². The lowest BCUT2D eigenvalue weighted by Gasteiger charge is -2.17. The summed E-state index contributed by atoms with van der Waals surface area (Å²) in [6.07, 6.45) is -0.967. The first-order chi connectivity index (χ1) is 14.7. The first-order valence-corrected chi connectivity index (χ1v) is 10.7. The summed E-state index contributed by atoms with van der Waals surface area (Å²) >= 11 is 1.35. The summed E-state index contributed by atoms with van der Waals surface area (Å²) < 4.78 is 5.32. The predicted molar refractivity (Wildman–Crippen MR) is 123 cm³/mol. The fraction of sp³-hybridized carbons (Fsp3) is 0.208. The standard InChI is InChI=1S/C24H24N2O4S/c1-14-12-15(2)21(16(3)13-14)26-22(27)17(4)30-24(29)18-7-9-19(10-8-18)25-23(28)20-6-5-11-31-20/h5-13,17H,1-4H3,(H,25,28)(H,26,27). The number of ether oxygens (including phenoxy) is 1. The van der Waals surface area contributed by atoms with Gasteiger partial charge in [-0.05, 0) is 74.5 Å². The highest BCUT2D eigenvalue weighted by molar-refractivity contribution is 7.12. The van der Waals surface area contributed by atoms with Crippen molar-refractivity contribution in [2.75, 3.05) is 10.6 Å². The number of aryl methyl sites for hydroxylation is 3. The molecule has 0 saturated carbocycles. The maximum absolute atomic E-state index is 12.5. The van der Waals surface area contributed by atoms with Gasteiger partial charge < -0.3 is 15.4 Å². The molecule has 1 atom stereocenters. The molecule has 3 rings (SSSR count).